The fourth-order valence-electron chi connectivity index (χ4n) is 1.44. The maximum Gasteiger partial charge on any atom is 0.191 e. The number of benzene rings is 2. The Morgan fingerprint density at radius 3 is 1.96 bits per heavy atom. The van der Waals surface area contributed by atoms with Crippen molar-refractivity contribution in [3.05, 3.63) is 65.7 Å². The summed E-state index contributed by atoms with van der Waals surface area (Å²) in [5, 5.41) is 15.3. The number of aliphatic hydroxyl groups is 2. The SMILES string of the molecule is CC(=O)c1ccccc1.CO.Cc1ccc(S(=O)OCO)cc1. The maximum absolute atomic E-state index is 11.1. The topological polar surface area (TPSA) is 83.8 Å². The largest absolute Gasteiger partial charge is 0.400 e. The lowest BCUT2D eigenvalue weighted by atomic mass is 10.2. The summed E-state index contributed by atoms with van der Waals surface area (Å²) in [7, 11) is 1.00. The third-order valence-electron chi connectivity index (χ3n) is 2.55. The molecule has 0 aliphatic carbocycles. The molecule has 23 heavy (non-hydrogen) atoms. The summed E-state index contributed by atoms with van der Waals surface area (Å²) < 4.78 is 15.6. The second-order valence-corrected chi connectivity index (χ2v) is 5.39. The number of Topliss-reactive ketones (excluding diaryl/α,β-unsaturated/α-hetero) is 1. The molecule has 2 N–H and O–H groups in total. The highest BCUT2D eigenvalue weighted by Gasteiger charge is 2.01. The van der Waals surface area contributed by atoms with Crippen LogP contribution in [0.3, 0.4) is 0 Å². The highest BCUT2D eigenvalue weighted by molar-refractivity contribution is 7.80. The van der Waals surface area contributed by atoms with Gasteiger partial charge in [-0.05, 0) is 26.0 Å². The van der Waals surface area contributed by atoms with Gasteiger partial charge in [-0.15, -0.1) is 0 Å². The molecule has 0 saturated heterocycles. The van der Waals surface area contributed by atoms with Crippen LogP contribution in [-0.2, 0) is 15.3 Å². The predicted octanol–water partition coefficient (Wildman–Crippen LogP) is 2.48. The average Bonchev–Trinajstić information content (AvgIpc) is 2.59. The molecule has 0 saturated carbocycles. The fourth-order valence-corrected chi connectivity index (χ4v) is 2.03. The zero-order valence-corrected chi connectivity index (χ0v) is 14.2. The Labute approximate surface area is 139 Å². The van der Waals surface area contributed by atoms with Gasteiger partial charge in [0.2, 0.25) is 0 Å². The first-order chi connectivity index (χ1) is 11.0. The van der Waals surface area contributed by atoms with Crippen LogP contribution in [-0.4, -0.2) is 34.1 Å². The fraction of sp³-hybridized carbons (Fsp3) is 0.235. The van der Waals surface area contributed by atoms with Crippen LogP contribution in [0.25, 0.3) is 0 Å². The molecule has 2 aromatic rings. The number of carbonyl (C=O) groups is 1. The van der Waals surface area contributed by atoms with E-state index in [1.54, 1.807) is 19.1 Å². The summed E-state index contributed by atoms with van der Waals surface area (Å²) in [6.07, 6.45) is 0. The summed E-state index contributed by atoms with van der Waals surface area (Å²) in [4.78, 5) is 11.2. The highest BCUT2D eigenvalue weighted by Crippen LogP contribution is 2.08. The summed E-state index contributed by atoms with van der Waals surface area (Å²) in [6, 6.07) is 16.3. The third kappa shape index (κ3) is 9.00. The van der Waals surface area contributed by atoms with Gasteiger partial charge in [-0.3, -0.25) is 8.98 Å². The smallest absolute Gasteiger partial charge is 0.191 e. The summed E-state index contributed by atoms with van der Waals surface area (Å²) >= 11 is -1.54. The van der Waals surface area contributed by atoms with Crippen molar-refractivity contribution in [2.45, 2.75) is 18.7 Å². The second-order valence-electron chi connectivity index (χ2n) is 4.22. The lowest BCUT2D eigenvalue weighted by Crippen LogP contribution is -1.98. The Morgan fingerprint density at radius 1 is 1.04 bits per heavy atom. The van der Waals surface area contributed by atoms with Crippen molar-refractivity contribution in [2.24, 2.45) is 0 Å². The van der Waals surface area contributed by atoms with Gasteiger partial charge in [-0.25, -0.2) is 4.21 Å². The molecule has 0 heterocycles. The van der Waals surface area contributed by atoms with E-state index in [0.29, 0.717) is 4.90 Å². The van der Waals surface area contributed by atoms with Crippen molar-refractivity contribution in [1.82, 2.24) is 0 Å². The number of aryl methyl sites for hydroxylation is 1. The van der Waals surface area contributed by atoms with Crippen molar-refractivity contribution in [3.8, 4) is 0 Å². The zero-order chi connectivity index (χ0) is 17.7. The van der Waals surface area contributed by atoms with E-state index in [-0.39, 0.29) is 5.78 Å². The van der Waals surface area contributed by atoms with Crippen molar-refractivity contribution >= 4 is 16.9 Å². The summed E-state index contributed by atoms with van der Waals surface area (Å²) in [5.41, 5.74) is 1.87. The molecule has 2 rings (SSSR count). The van der Waals surface area contributed by atoms with Gasteiger partial charge in [-0.1, -0.05) is 48.0 Å². The van der Waals surface area contributed by atoms with E-state index in [1.165, 1.54) is 0 Å². The van der Waals surface area contributed by atoms with E-state index < -0.39 is 17.9 Å². The van der Waals surface area contributed by atoms with E-state index >= 15 is 0 Å². The Kier molecular flexibility index (Phi) is 11.6. The number of carbonyl (C=O) groups excluding carboxylic acids is 1. The van der Waals surface area contributed by atoms with Crippen LogP contribution in [0.1, 0.15) is 22.8 Å². The maximum atomic E-state index is 11.1. The van der Waals surface area contributed by atoms with Gasteiger partial charge in [0.05, 0.1) is 4.90 Å². The van der Waals surface area contributed by atoms with E-state index in [1.807, 2.05) is 49.4 Å². The molecule has 0 aliphatic heterocycles. The molecule has 126 valence electrons. The molecule has 6 heteroatoms. The zero-order valence-electron chi connectivity index (χ0n) is 13.4. The van der Waals surface area contributed by atoms with Crippen LogP contribution in [0.15, 0.2) is 59.5 Å². The number of hydrogen-bond acceptors (Lipinski definition) is 5. The van der Waals surface area contributed by atoms with Crippen molar-refractivity contribution in [1.29, 1.82) is 0 Å². The second kappa shape index (κ2) is 12.7. The molecule has 0 bridgehead atoms. The minimum Gasteiger partial charge on any atom is -0.400 e. The number of hydrogen-bond donors (Lipinski definition) is 2. The van der Waals surface area contributed by atoms with Gasteiger partial charge < -0.3 is 10.2 Å². The Balaban J connectivity index is 0.000000392. The van der Waals surface area contributed by atoms with Crippen molar-refractivity contribution in [3.63, 3.8) is 0 Å². The molecule has 1 atom stereocenters. The molecule has 0 fully saturated rings. The Hall–Kier alpha value is -1.86. The van der Waals surface area contributed by atoms with Gasteiger partial charge in [-0.2, -0.15) is 0 Å². The Morgan fingerprint density at radius 2 is 1.57 bits per heavy atom. The first kappa shape index (κ1) is 21.1. The lowest BCUT2D eigenvalue weighted by Gasteiger charge is -1.99. The molecule has 0 spiro atoms. The first-order valence-corrected chi connectivity index (χ1v) is 7.85. The quantitative estimate of drug-likeness (QED) is 0.661. The molecular weight excluding hydrogens is 316 g/mol. The van der Waals surface area contributed by atoms with Gasteiger partial charge >= 0.3 is 0 Å². The van der Waals surface area contributed by atoms with E-state index in [9.17, 15) is 9.00 Å². The summed E-state index contributed by atoms with van der Waals surface area (Å²) in [6.45, 7) is 2.98. The van der Waals surface area contributed by atoms with Gasteiger partial charge in [0, 0.05) is 12.7 Å². The molecule has 0 amide bonds. The van der Waals surface area contributed by atoms with E-state index in [4.69, 9.17) is 10.2 Å². The monoisotopic (exact) mass is 338 g/mol. The van der Waals surface area contributed by atoms with Gasteiger partial charge in [0.1, 0.15) is 0 Å². The normalized spacial score (nSPS) is 10.5. The molecule has 2 aromatic carbocycles. The van der Waals surface area contributed by atoms with Gasteiger partial charge in [0.15, 0.2) is 23.7 Å². The van der Waals surface area contributed by atoms with Crippen molar-refractivity contribution in [2.75, 3.05) is 13.9 Å². The van der Waals surface area contributed by atoms with Crippen LogP contribution in [0.2, 0.25) is 0 Å². The molecule has 0 radical (unpaired) electrons. The van der Waals surface area contributed by atoms with E-state index in [0.717, 1.165) is 18.2 Å². The number of ketones is 1. The minimum absolute atomic E-state index is 0.121. The highest BCUT2D eigenvalue weighted by atomic mass is 32.2. The molecule has 1 unspecified atom stereocenters. The standard InChI is InChI=1S/C8H10O3S.C8H8O.CH4O/c1-7-2-4-8(5-3-7)12(10)11-6-9;1-7(9)8-5-3-2-4-6-8;1-2/h2-5,9H,6H2,1H3;2-6H,1H3;2H,1H3. The molecule has 5 nitrogen and oxygen atoms in total. The van der Waals surface area contributed by atoms with Crippen LogP contribution in [0, 0.1) is 6.92 Å². The molecule has 0 aromatic heterocycles. The third-order valence-corrected chi connectivity index (χ3v) is 3.53. The lowest BCUT2D eigenvalue weighted by molar-refractivity contribution is 0.101. The molecule has 0 aliphatic rings. The first-order valence-electron chi connectivity index (χ1n) is 6.78. The average molecular weight is 338 g/mol. The van der Waals surface area contributed by atoms with Crippen LogP contribution < -0.4 is 0 Å². The predicted molar refractivity (Wildman–Crippen MR) is 90.3 cm³/mol. The van der Waals surface area contributed by atoms with Crippen LogP contribution in [0.4, 0.5) is 0 Å². The molecular formula is C17H22O5S. The van der Waals surface area contributed by atoms with Crippen LogP contribution >= 0.6 is 0 Å². The van der Waals surface area contributed by atoms with E-state index in [2.05, 4.69) is 4.18 Å². The van der Waals surface area contributed by atoms with Gasteiger partial charge in [0.25, 0.3) is 0 Å². The Bertz CT molecular complexity index is 582. The number of rotatable bonds is 4. The summed E-state index contributed by atoms with van der Waals surface area (Å²) in [5.74, 6) is 0.121. The van der Waals surface area contributed by atoms with Crippen LogP contribution in [0.5, 0.6) is 0 Å². The van der Waals surface area contributed by atoms with Crippen molar-refractivity contribution < 1.29 is 23.4 Å². The minimum atomic E-state index is -1.54. The number of aliphatic hydroxyl groups excluding tert-OH is 2.